The zero-order valence-electron chi connectivity index (χ0n) is 13.4. The predicted octanol–water partition coefficient (Wildman–Crippen LogP) is 4.45. The summed E-state index contributed by atoms with van der Waals surface area (Å²) in [6.45, 7) is 1.93. The van der Waals surface area contributed by atoms with Gasteiger partial charge in [-0.3, -0.25) is 4.90 Å². The molecule has 0 unspecified atom stereocenters. The number of anilines is 1. The van der Waals surface area contributed by atoms with Crippen molar-refractivity contribution in [3.63, 3.8) is 0 Å². The molecule has 1 N–H and O–H groups in total. The molecule has 0 amide bonds. The summed E-state index contributed by atoms with van der Waals surface area (Å²) in [6.07, 6.45) is 0. The Labute approximate surface area is 141 Å². The van der Waals surface area contributed by atoms with Gasteiger partial charge in [-0.2, -0.15) is 0 Å². The number of nitrogens with zero attached hydrogens (tertiary/aromatic N) is 2. The number of aliphatic hydroxyl groups is 1. The van der Waals surface area contributed by atoms with Crippen LogP contribution in [0.5, 0.6) is 0 Å². The van der Waals surface area contributed by atoms with Gasteiger partial charge in [-0.25, -0.2) is 4.99 Å². The molecule has 3 aromatic rings. The Morgan fingerprint density at radius 1 is 0.792 bits per heavy atom. The highest BCUT2D eigenvalue weighted by molar-refractivity contribution is 6.01. The molecule has 0 fully saturated rings. The molecule has 3 heteroatoms. The molecule has 0 spiro atoms. The first-order chi connectivity index (χ1) is 11.7. The molecule has 1 heterocycles. The Morgan fingerprint density at radius 3 is 2.08 bits per heavy atom. The fourth-order valence-corrected chi connectivity index (χ4v) is 3.35. The lowest BCUT2D eigenvalue weighted by Gasteiger charge is -2.44. The van der Waals surface area contributed by atoms with Gasteiger partial charge in [0.05, 0.1) is 5.69 Å². The molecule has 0 bridgehead atoms. The second kappa shape index (κ2) is 5.62. The van der Waals surface area contributed by atoms with Crippen LogP contribution < -0.4 is 4.90 Å². The van der Waals surface area contributed by atoms with Gasteiger partial charge in [0.25, 0.3) is 0 Å². The predicted molar refractivity (Wildman–Crippen MR) is 97.6 cm³/mol. The smallest absolute Gasteiger partial charge is 0.198 e. The van der Waals surface area contributed by atoms with E-state index in [0.29, 0.717) is 0 Å². The Balaban J connectivity index is 2.02. The number of para-hydroxylation sites is 2. The van der Waals surface area contributed by atoms with Crippen molar-refractivity contribution in [1.82, 2.24) is 0 Å². The van der Waals surface area contributed by atoms with Gasteiger partial charge < -0.3 is 5.11 Å². The minimum Gasteiger partial charge on any atom is -0.363 e. The SMILES string of the molecule is CC1=Nc2ccccc2[C@@](O)(c2ccccc2)N1c1ccccc1. The first-order valence-electron chi connectivity index (χ1n) is 7.99. The number of amidine groups is 1. The standard InChI is InChI=1S/C21H18N2O/c1-16-22-20-15-9-8-14-19(20)21(24,17-10-4-2-5-11-17)23(16)18-12-6-3-7-13-18/h2-15,24H,1H3/t21-/m0/s1. The highest BCUT2D eigenvalue weighted by Crippen LogP contribution is 2.44. The molecule has 3 nitrogen and oxygen atoms in total. The molecule has 4 rings (SSSR count). The van der Waals surface area contributed by atoms with E-state index in [9.17, 15) is 5.11 Å². The molecule has 0 aliphatic carbocycles. The van der Waals surface area contributed by atoms with Gasteiger partial charge in [-0.1, -0.05) is 66.7 Å². The number of fused-ring (bicyclic) bond motifs is 1. The second-order valence-electron chi connectivity index (χ2n) is 5.89. The number of rotatable bonds is 2. The fraction of sp³-hybridized carbons (Fsp3) is 0.0952. The summed E-state index contributed by atoms with van der Waals surface area (Å²) < 4.78 is 0. The fourth-order valence-electron chi connectivity index (χ4n) is 3.35. The summed E-state index contributed by atoms with van der Waals surface area (Å²) in [4.78, 5) is 6.60. The molecule has 0 radical (unpaired) electrons. The lowest BCUT2D eigenvalue weighted by atomic mass is 9.89. The van der Waals surface area contributed by atoms with E-state index < -0.39 is 5.72 Å². The molecule has 24 heavy (non-hydrogen) atoms. The Hall–Kier alpha value is -2.91. The molecule has 118 valence electrons. The van der Waals surface area contributed by atoms with Crippen molar-refractivity contribution in [3.05, 3.63) is 96.1 Å². The molecule has 1 atom stereocenters. The van der Waals surface area contributed by atoms with E-state index >= 15 is 0 Å². The van der Waals surface area contributed by atoms with Crippen molar-refractivity contribution < 1.29 is 5.11 Å². The van der Waals surface area contributed by atoms with Gasteiger partial charge in [0.1, 0.15) is 5.84 Å². The summed E-state index contributed by atoms with van der Waals surface area (Å²) in [6, 6.07) is 27.4. The maximum atomic E-state index is 11.9. The lowest BCUT2D eigenvalue weighted by molar-refractivity contribution is 0.0899. The van der Waals surface area contributed by atoms with Gasteiger partial charge in [0, 0.05) is 16.8 Å². The van der Waals surface area contributed by atoms with Gasteiger partial charge in [-0.15, -0.1) is 0 Å². The van der Waals surface area contributed by atoms with Crippen LogP contribution in [-0.2, 0) is 5.72 Å². The molecule has 0 aromatic heterocycles. The third-order valence-electron chi connectivity index (χ3n) is 4.40. The largest absolute Gasteiger partial charge is 0.363 e. The van der Waals surface area contributed by atoms with Crippen LogP contribution in [0.2, 0.25) is 0 Å². The van der Waals surface area contributed by atoms with Crippen molar-refractivity contribution in [2.45, 2.75) is 12.6 Å². The molecule has 0 saturated heterocycles. The van der Waals surface area contributed by atoms with E-state index in [1.54, 1.807) is 0 Å². The number of hydrogen-bond acceptors (Lipinski definition) is 3. The molecule has 0 saturated carbocycles. The Bertz CT molecular complexity index is 890. The third kappa shape index (κ3) is 2.14. The first kappa shape index (κ1) is 14.7. The quantitative estimate of drug-likeness (QED) is 0.758. The molecular weight excluding hydrogens is 296 g/mol. The summed E-state index contributed by atoms with van der Waals surface area (Å²) in [5.41, 5.74) is 2.00. The van der Waals surface area contributed by atoms with Crippen LogP contribution in [0.25, 0.3) is 0 Å². The van der Waals surface area contributed by atoms with Gasteiger partial charge in [0.15, 0.2) is 5.72 Å². The van der Waals surface area contributed by atoms with E-state index in [2.05, 4.69) is 0 Å². The van der Waals surface area contributed by atoms with Gasteiger partial charge in [-0.05, 0) is 25.1 Å². The van der Waals surface area contributed by atoms with Crippen LogP contribution in [0.15, 0.2) is 89.9 Å². The molecule has 1 aliphatic heterocycles. The van der Waals surface area contributed by atoms with Crippen LogP contribution in [-0.4, -0.2) is 10.9 Å². The van der Waals surface area contributed by atoms with Crippen molar-refractivity contribution in [1.29, 1.82) is 0 Å². The van der Waals surface area contributed by atoms with E-state index in [1.165, 1.54) is 0 Å². The third-order valence-corrected chi connectivity index (χ3v) is 4.40. The summed E-state index contributed by atoms with van der Waals surface area (Å²) in [5, 5.41) is 11.9. The second-order valence-corrected chi connectivity index (χ2v) is 5.89. The van der Waals surface area contributed by atoms with Crippen LogP contribution in [0.3, 0.4) is 0 Å². The van der Waals surface area contributed by atoms with Crippen molar-refractivity contribution in [2.75, 3.05) is 4.90 Å². The van der Waals surface area contributed by atoms with E-state index in [-0.39, 0.29) is 0 Å². The Morgan fingerprint density at radius 2 is 1.38 bits per heavy atom. The van der Waals surface area contributed by atoms with Crippen LogP contribution in [0.1, 0.15) is 18.1 Å². The van der Waals surface area contributed by atoms with Crippen molar-refractivity contribution in [3.8, 4) is 0 Å². The normalized spacial score (nSPS) is 19.6. The Kier molecular flexibility index (Phi) is 3.44. The highest BCUT2D eigenvalue weighted by atomic mass is 16.3. The lowest BCUT2D eigenvalue weighted by Crippen LogP contribution is -2.51. The maximum absolute atomic E-state index is 11.9. The summed E-state index contributed by atoms with van der Waals surface area (Å²) in [5.74, 6) is 0.756. The minimum atomic E-state index is -1.30. The van der Waals surface area contributed by atoms with E-state index in [1.807, 2.05) is 96.8 Å². The van der Waals surface area contributed by atoms with Gasteiger partial charge in [0.2, 0.25) is 0 Å². The first-order valence-corrected chi connectivity index (χ1v) is 7.99. The maximum Gasteiger partial charge on any atom is 0.198 e. The number of aliphatic imine (C=N–C) groups is 1. The number of benzene rings is 3. The van der Waals surface area contributed by atoms with Crippen LogP contribution >= 0.6 is 0 Å². The number of hydrogen-bond donors (Lipinski definition) is 1. The average molecular weight is 314 g/mol. The summed E-state index contributed by atoms with van der Waals surface area (Å²) >= 11 is 0. The van der Waals surface area contributed by atoms with Crippen molar-refractivity contribution >= 4 is 17.2 Å². The van der Waals surface area contributed by atoms with E-state index in [4.69, 9.17) is 4.99 Å². The van der Waals surface area contributed by atoms with E-state index in [0.717, 1.165) is 28.3 Å². The van der Waals surface area contributed by atoms with Crippen molar-refractivity contribution in [2.24, 2.45) is 4.99 Å². The zero-order chi connectivity index (χ0) is 16.6. The topological polar surface area (TPSA) is 35.8 Å². The zero-order valence-corrected chi connectivity index (χ0v) is 13.4. The summed E-state index contributed by atoms with van der Waals surface area (Å²) in [7, 11) is 0. The van der Waals surface area contributed by atoms with Gasteiger partial charge >= 0.3 is 0 Å². The highest BCUT2D eigenvalue weighted by Gasteiger charge is 2.44. The van der Waals surface area contributed by atoms with Crippen LogP contribution in [0.4, 0.5) is 11.4 Å². The monoisotopic (exact) mass is 314 g/mol. The average Bonchev–Trinajstić information content (AvgIpc) is 2.63. The minimum absolute atomic E-state index is 0.756. The molecule has 3 aromatic carbocycles. The molecule has 1 aliphatic rings. The van der Waals surface area contributed by atoms with Crippen LogP contribution in [0, 0.1) is 0 Å². The molecular formula is C21H18N2O.